The van der Waals surface area contributed by atoms with Crippen LogP contribution in [0.25, 0.3) is 10.9 Å². The van der Waals surface area contributed by atoms with Crippen LogP contribution in [0.5, 0.6) is 5.75 Å². The molecule has 0 aliphatic carbocycles. The molecule has 0 atom stereocenters. The van der Waals surface area contributed by atoms with Crippen molar-refractivity contribution in [2.75, 3.05) is 19.7 Å². The van der Waals surface area contributed by atoms with Crippen LogP contribution >= 0.6 is 11.6 Å². The summed E-state index contributed by atoms with van der Waals surface area (Å²) < 4.78 is 8.20. The fourth-order valence-electron chi connectivity index (χ4n) is 3.25. The lowest BCUT2D eigenvalue weighted by Crippen LogP contribution is -2.19. The molecule has 0 unspecified atom stereocenters. The Bertz CT molecular complexity index is 632. The Hall–Kier alpha value is -1.19. The molecule has 0 saturated heterocycles. The van der Waals surface area contributed by atoms with Gasteiger partial charge in [-0.25, -0.2) is 0 Å². The first kappa shape index (κ1) is 10.7. The first-order chi connectivity index (χ1) is 8.84. The van der Waals surface area contributed by atoms with Crippen molar-refractivity contribution in [2.24, 2.45) is 0 Å². The number of halogens is 1. The van der Waals surface area contributed by atoms with Crippen molar-refractivity contribution in [1.82, 2.24) is 9.88 Å². The van der Waals surface area contributed by atoms with Gasteiger partial charge in [0.2, 0.25) is 0 Å². The average Bonchev–Trinajstić information content (AvgIpc) is 2.55. The monoisotopic (exact) mass is 262 g/mol. The van der Waals surface area contributed by atoms with Gasteiger partial charge in [-0.15, -0.1) is 0 Å². The number of aromatic nitrogens is 1. The summed E-state index contributed by atoms with van der Waals surface area (Å²) >= 11 is 6.21. The van der Waals surface area contributed by atoms with Crippen molar-refractivity contribution in [1.29, 1.82) is 0 Å². The van der Waals surface area contributed by atoms with Crippen LogP contribution in [0.3, 0.4) is 0 Å². The Balaban J connectivity index is 2.10. The molecule has 18 heavy (non-hydrogen) atoms. The van der Waals surface area contributed by atoms with Crippen LogP contribution < -0.4 is 10.1 Å². The molecule has 1 N–H and O–H groups in total. The number of hydrogen-bond donors (Lipinski definition) is 1. The Kier molecular flexibility index (Phi) is 2.32. The maximum Gasteiger partial charge on any atom is 0.145 e. The second-order valence-corrected chi connectivity index (χ2v) is 5.41. The molecule has 1 aromatic heterocycles. The number of fused-ring (bicyclic) bond motifs is 3. The maximum absolute atomic E-state index is 6.21. The van der Waals surface area contributed by atoms with Gasteiger partial charge in [0.1, 0.15) is 12.4 Å². The molecule has 4 rings (SSSR count). The lowest BCUT2D eigenvalue weighted by molar-refractivity contribution is 0.285. The number of nitrogens with zero attached hydrogens (tertiary/aromatic N) is 1. The van der Waals surface area contributed by atoms with Crippen LogP contribution in [-0.4, -0.2) is 24.3 Å². The summed E-state index contributed by atoms with van der Waals surface area (Å²) in [7, 11) is 0. The highest BCUT2D eigenvalue weighted by atomic mass is 35.5. The summed E-state index contributed by atoms with van der Waals surface area (Å²) in [6, 6.07) is 4.03. The van der Waals surface area contributed by atoms with Crippen molar-refractivity contribution in [2.45, 2.75) is 19.4 Å². The summed E-state index contributed by atoms with van der Waals surface area (Å²) in [6.45, 7) is 3.82. The summed E-state index contributed by atoms with van der Waals surface area (Å²) in [5.74, 6) is 0.949. The van der Waals surface area contributed by atoms with Gasteiger partial charge in [0.25, 0.3) is 0 Å². The summed E-state index contributed by atoms with van der Waals surface area (Å²) in [5.41, 5.74) is 4.18. The van der Waals surface area contributed by atoms with Crippen molar-refractivity contribution < 1.29 is 4.74 Å². The topological polar surface area (TPSA) is 26.2 Å². The van der Waals surface area contributed by atoms with E-state index >= 15 is 0 Å². The predicted octanol–water partition coefficient (Wildman–Crippen LogP) is 2.38. The molecule has 2 aliphatic heterocycles. The van der Waals surface area contributed by atoms with E-state index in [1.54, 1.807) is 0 Å². The predicted molar refractivity (Wildman–Crippen MR) is 72.7 cm³/mol. The number of rotatable bonds is 0. The largest absolute Gasteiger partial charge is 0.489 e. The molecule has 3 nitrogen and oxygen atoms in total. The minimum absolute atomic E-state index is 0.747. The highest BCUT2D eigenvalue weighted by Crippen LogP contribution is 2.38. The van der Waals surface area contributed by atoms with Gasteiger partial charge < -0.3 is 14.6 Å². The zero-order valence-electron chi connectivity index (χ0n) is 10.1. The molecule has 0 saturated carbocycles. The maximum atomic E-state index is 6.21. The molecule has 2 aromatic rings. The van der Waals surface area contributed by atoms with E-state index in [1.807, 2.05) is 6.07 Å². The minimum atomic E-state index is 0.747. The minimum Gasteiger partial charge on any atom is -0.489 e. The van der Waals surface area contributed by atoms with Crippen molar-refractivity contribution in [3.8, 4) is 5.75 Å². The van der Waals surface area contributed by atoms with Crippen LogP contribution in [0.1, 0.15) is 11.3 Å². The Morgan fingerprint density at radius 1 is 1.22 bits per heavy atom. The molecule has 1 aromatic carbocycles. The van der Waals surface area contributed by atoms with Crippen molar-refractivity contribution in [3.63, 3.8) is 0 Å². The molecule has 2 aliphatic rings. The summed E-state index contributed by atoms with van der Waals surface area (Å²) in [4.78, 5) is 0. The van der Waals surface area contributed by atoms with E-state index in [4.69, 9.17) is 16.3 Å². The van der Waals surface area contributed by atoms with E-state index in [1.165, 1.54) is 22.2 Å². The molecule has 0 fully saturated rings. The lowest BCUT2D eigenvalue weighted by atomic mass is 10.1. The number of nitrogens with one attached hydrogen (secondary N) is 1. The molecule has 3 heterocycles. The van der Waals surface area contributed by atoms with Crippen LogP contribution in [0, 0.1) is 0 Å². The Morgan fingerprint density at radius 2 is 2.11 bits per heavy atom. The molecular formula is C14H15ClN2O. The average molecular weight is 263 g/mol. The van der Waals surface area contributed by atoms with Crippen LogP contribution in [0.4, 0.5) is 0 Å². The molecule has 0 amide bonds. The van der Waals surface area contributed by atoms with Crippen LogP contribution in [0.15, 0.2) is 12.1 Å². The summed E-state index contributed by atoms with van der Waals surface area (Å²) in [6.07, 6.45) is 2.18. The van der Waals surface area contributed by atoms with E-state index in [0.29, 0.717) is 0 Å². The molecule has 0 bridgehead atoms. The van der Waals surface area contributed by atoms with Gasteiger partial charge in [-0.1, -0.05) is 11.6 Å². The second kappa shape index (κ2) is 3.90. The van der Waals surface area contributed by atoms with Crippen LogP contribution in [-0.2, 0) is 19.4 Å². The Morgan fingerprint density at radius 3 is 3.06 bits per heavy atom. The van der Waals surface area contributed by atoms with Crippen molar-refractivity contribution in [3.05, 3.63) is 28.4 Å². The van der Waals surface area contributed by atoms with Crippen molar-refractivity contribution >= 4 is 22.5 Å². The number of hydrogen-bond acceptors (Lipinski definition) is 2. The number of benzene rings is 1. The van der Waals surface area contributed by atoms with Gasteiger partial charge in [-0.3, -0.25) is 0 Å². The standard InChI is InChI=1S/C14H15ClN2O/c15-9-7-11-10-1-3-16-4-2-12(10)17-5-6-18-13(8-9)14(11)17/h7-8,16H,1-6H2. The van der Waals surface area contributed by atoms with Gasteiger partial charge in [0, 0.05) is 35.1 Å². The van der Waals surface area contributed by atoms with Crippen LogP contribution in [0.2, 0.25) is 5.02 Å². The van der Waals surface area contributed by atoms with E-state index in [2.05, 4.69) is 16.0 Å². The zero-order valence-corrected chi connectivity index (χ0v) is 10.9. The quantitative estimate of drug-likeness (QED) is 0.789. The van der Waals surface area contributed by atoms with E-state index in [9.17, 15) is 0 Å². The number of ether oxygens (including phenoxy) is 1. The highest BCUT2D eigenvalue weighted by Gasteiger charge is 2.24. The van der Waals surface area contributed by atoms with Gasteiger partial charge in [-0.2, -0.15) is 0 Å². The van der Waals surface area contributed by atoms with E-state index in [-0.39, 0.29) is 0 Å². The molecular weight excluding hydrogens is 248 g/mol. The third-order valence-electron chi connectivity index (χ3n) is 3.97. The second-order valence-electron chi connectivity index (χ2n) is 4.98. The zero-order chi connectivity index (χ0) is 12.1. The first-order valence-corrected chi connectivity index (χ1v) is 6.89. The van der Waals surface area contributed by atoms with E-state index < -0.39 is 0 Å². The molecule has 94 valence electrons. The Labute approximate surface area is 111 Å². The fourth-order valence-corrected chi connectivity index (χ4v) is 3.46. The summed E-state index contributed by atoms with van der Waals surface area (Å²) in [5, 5.41) is 5.53. The molecule has 0 radical (unpaired) electrons. The van der Waals surface area contributed by atoms with Gasteiger partial charge >= 0.3 is 0 Å². The van der Waals surface area contributed by atoms with Gasteiger partial charge in [0.15, 0.2) is 0 Å². The molecule has 0 spiro atoms. The normalized spacial score (nSPS) is 18.3. The van der Waals surface area contributed by atoms with Gasteiger partial charge in [-0.05, 0) is 24.6 Å². The third-order valence-corrected chi connectivity index (χ3v) is 4.19. The lowest BCUT2D eigenvalue weighted by Gasteiger charge is -2.19. The smallest absolute Gasteiger partial charge is 0.145 e. The van der Waals surface area contributed by atoms with Gasteiger partial charge in [0.05, 0.1) is 12.1 Å². The SMILES string of the molecule is Clc1cc2c3c(c1)c1c(n3CCO2)CCNCC1. The first-order valence-electron chi connectivity index (χ1n) is 6.51. The highest BCUT2D eigenvalue weighted by molar-refractivity contribution is 6.31. The fraction of sp³-hybridized carbons (Fsp3) is 0.429. The third kappa shape index (κ3) is 1.41. The molecule has 4 heteroatoms. The van der Waals surface area contributed by atoms with E-state index in [0.717, 1.165) is 49.9 Å².